The van der Waals surface area contributed by atoms with Crippen molar-refractivity contribution in [3.05, 3.63) is 40.4 Å². The summed E-state index contributed by atoms with van der Waals surface area (Å²) in [6, 6.07) is 3.77. The van der Waals surface area contributed by atoms with Gasteiger partial charge < -0.3 is 25.3 Å². The fourth-order valence-electron chi connectivity index (χ4n) is 3.32. The third kappa shape index (κ3) is 4.04. The van der Waals surface area contributed by atoms with Crippen LogP contribution in [0.25, 0.3) is 10.9 Å². The molecule has 2 heterocycles. The average Bonchev–Trinajstić information content (AvgIpc) is 2.63. The van der Waals surface area contributed by atoms with E-state index >= 15 is 0 Å². The normalized spacial score (nSPS) is 16.5. The van der Waals surface area contributed by atoms with Gasteiger partial charge in [0.25, 0.3) is 0 Å². The zero-order valence-electron chi connectivity index (χ0n) is 14.9. The van der Waals surface area contributed by atoms with Crippen molar-refractivity contribution in [2.75, 3.05) is 31.2 Å². The third-order valence-electron chi connectivity index (χ3n) is 4.79. The number of benzene rings is 1. The summed E-state index contributed by atoms with van der Waals surface area (Å²) in [7, 11) is 0. The lowest BCUT2D eigenvalue weighted by Gasteiger charge is -2.40. The largest absolute Gasteiger partial charge is 0.511 e. The lowest BCUT2D eigenvalue weighted by Crippen LogP contribution is -2.53. The standard InChI is InChI=1S/C18H22FN3O5/c1-2-20-11-18(26)5-7-21(8-6-18)22-10-15(27-17(24)25)16(23)13-9-12(19)3-4-14(13)22/h3-4,9-10,20,26H,2,5-8,11H2,1H3,(H,24,25). The van der Waals surface area contributed by atoms with Crippen LogP contribution in [0.4, 0.5) is 9.18 Å². The monoisotopic (exact) mass is 379 g/mol. The van der Waals surface area contributed by atoms with Crippen LogP contribution in [0.3, 0.4) is 0 Å². The summed E-state index contributed by atoms with van der Waals surface area (Å²) in [5.41, 5.74) is -1.08. The number of carbonyl (C=O) groups is 1. The van der Waals surface area contributed by atoms with Gasteiger partial charge in [-0.15, -0.1) is 0 Å². The lowest BCUT2D eigenvalue weighted by atomic mass is 9.92. The van der Waals surface area contributed by atoms with Gasteiger partial charge in [0.15, 0.2) is 0 Å². The SMILES string of the molecule is CCNCC1(O)CCN(n2cc(OC(=O)O)c(=O)c3cc(F)ccc32)CC1. The van der Waals surface area contributed by atoms with Gasteiger partial charge in [-0.2, -0.15) is 0 Å². The van der Waals surface area contributed by atoms with Crippen LogP contribution in [0, 0.1) is 5.82 Å². The Morgan fingerprint density at radius 3 is 2.70 bits per heavy atom. The molecule has 0 radical (unpaired) electrons. The second kappa shape index (κ2) is 7.53. The molecular weight excluding hydrogens is 357 g/mol. The van der Waals surface area contributed by atoms with Gasteiger partial charge in [-0.05, 0) is 37.6 Å². The Balaban J connectivity index is 1.98. The number of rotatable bonds is 5. The lowest BCUT2D eigenvalue weighted by molar-refractivity contribution is 0.0133. The Hall–Kier alpha value is -2.65. The molecule has 0 amide bonds. The van der Waals surface area contributed by atoms with Crippen LogP contribution in [0.1, 0.15) is 19.8 Å². The number of likely N-dealkylation sites (N-methyl/N-ethyl adjacent to an activating group) is 1. The summed E-state index contributed by atoms with van der Waals surface area (Å²) in [5, 5.41) is 24.5. The maximum atomic E-state index is 13.6. The van der Waals surface area contributed by atoms with Crippen LogP contribution in [-0.2, 0) is 0 Å². The first-order valence-electron chi connectivity index (χ1n) is 8.77. The summed E-state index contributed by atoms with van der Waals surface area (Å²) >= 11 is 0. The molecule has 0 bridgehead atoms. The first-order valence-corrected chi connectivity index (χ1v) is 8.77. The highest BCUT2D eigenvalue weighted by Crippen LogP contribution is 2.24. The highest BCUT2D eigenvalue weighted by molar-refractivity contribution is 5.81. The van der Waals surface area contributed by atoms with E-state index in [-0.39, 0.29) is 5.39 Å². The van der Waals surface area contributed by atoms with E-state index in [9.17, 15) is 19.1 Å². The maximum Gasteiger partial charge on any atom is 0.511 e. The first kappa shape index (κ1) is 19.1. The highest BCUT2D eigenvalue weighted by atomic mass is 19.1. The van der Waals surface area contributed by atoms with Crippen molar-refractivity contribution in [1.82, 2.24) is 9.99 Å². The Morgan fingerprint density at radius 1 is 1.37 bits per heavy atom. The fraction of sp³-hybridized carbons (Fsp3) is 0.444. The quantitative estimate of drug-likeness (QED) is 0.672. The molecule has 1 fully saturated rings. The number of aromatic nitrogens is 1. The molecule has 1 aliphatic rings. The van der Waals surface area contributed by atoms with Crippen molar-refractivity contribution < 1.29 is 24.1 Å². The minimum absolute atomic E-state index is 0.0298. The number of fused-ring (bicyclic) bond motifs is 1. The second-order valence-electron chi connectivity index (χ2n) is 6.65. The maximum absolute atomic E-state index is 13.6. The molecule has 0 aliphatic carbocycles. The van der Waals surface area contributed by atoms with E-state index in [1.54, 1.807) is 4.68 Å². The molecule has 0 saturated carbocycles. The van der Waals surface area contributed by atoms with Crippen molar-refractivity contribution in [3.8, 4) is 5.75 Å². The molecule has 1 aliphatic heterocycles. The Kier molecular flexibility index (Phi) is 5.33. The molecule has 1 aromatic heterocycles. The molecule has 8 nitrogen and oxygen atoms in total. The summed E-state index contributed by atoms with van der Waals surface area (Å²) in [5.74, 6) is -0.994. The van der Waals surface area contributed by atoms with E-state index in [1.165, 1.54) is 18.3 Å². The first-order chi connectivity index (χ1) is 12.8. The van der Waals surface area contributed by atoms with Crippen LogP contribution < -0.4 is 20.5 Å². The number of nitrogens with zero attached hydrogens (tertiary/aromatic N) is 2. The summed E-state index contributed by atoms with van der Waals surface area (Å²) < 4.78 is 19.8. The van der Waals surface area contributed by atoms with E-state index in [1.807, 2.05) is 11.9 Å². The van der Waals surface area contributed by atoms with Gasteiger partial charge >= 0.3 is 6.16 Å². The van der Waals surface area contributed by atoms with Crippen molar-refractivity contribution in [1.29, 1.82) is 0 Å². The predicted octanol–water partition coefficient (Wildman–Crippen LogP) is 1.27. The van der Waals surface area contributed by atoms with Gasteiger partial charge in [-0.25, -0.2) is 9.18 Å². The van der Waals surface area contributed by atoms with Crippen LogP contribution in [-0.4, -0.2) is 52.8 Å². The summed E-state index contributed by atoms with van der Waals surface area (Å²) in [6.07, 6.45) is 0.659. The van der Waals surface area contributed by atoms with Gasteiger partial charge in [-0.3, -0.25) is 9.47 Å². The average molecular weight is 379 g/mol. The number of carboxylic acid groups (broad SMARTS) is 1. The third-order valence-corrected chi connectivity index (χ3v) is 4.79. The number of aliphatic hydroxyl groups is 1. The highest BCUT2D eigenvalue weighted by Gasteiger charge is 2.32. The van der Waals surface area contributed by atoms with Crippen molar-refractivity contribution in [2.24, 2.45) is 0 Å². The molecule has 3 rings (SSSR count). The van der Waals surface area contributed by atoms with Gasteiger partial charge in [-0.1, -0.05) is 6.92 Å². The molecular formula is C18H22FN3O5. The van der Waals surface area contributed by atoms with Crippen molar-refractivity contribution >= 4 is 17.1 Å². The summed E-state index contributed by atoms with van der Waals surface area (Å²) in [4.78, 5) is 23.3. The minimum Gasteiger partial charge on any atom is -0.449 e. The number of nitrogens with one attached hydrogen (secondary N) is 1. The molecule has 146 valence electrons. The van der Waals surface area contributed by atoms with Crippen LogP contribution in [0.2, 0.25) is 0 Å². The number of hydrogen-bond acceptors (Lipinski definition) is 6. The molecule has 3 N–H and O–H groups in total. The summed E-state index contributed by atoms with van der Waals surface area (Å²) in [6.45, 7) is 4.17. The van der Waals surface area contributed by atoms with Gasteiger partial charge in [0.2, 0.25) is 11.2 Å². The Morgan fingerprint density at radius 2 is 2.07 bits per heavy atom. The molecule has 0 unspecified atom stereocenters. The topological polar surface area (TPSA) is 104 Å². The zero-order chi connectivity index (χ0) is 19.6. The molecule has 0 atom stereocenters. The number of halogens is 1. The van der Waals surface area contributed by atoms with Crippen LogP contribution in [0.5, 0.6) is 5.75 Å². The molecule has 27 heavy (non-hydrogen) atoms. The van der Waals surface area contributed by atoms with Crippen molar-refractivity contribution in [3.63, 3.8) is 0 Å². The molecule has 2 aromatic rings. The van der Waals surface area contributed by atoms with E-state index in [4.69, 9.17) is 5.11 Å². The van der Waals surface area contributed by atoms with Crippen molar-refractivity contribution in [2.45, 2.75) is 25.4 Å². The number of hydrogen-bond donors (Lipinski definition) is 3. The van der Waals surface area contributed by atoms with E-state index in [0.717, 1.165) is 12.6 Å². The minimum atomic E-state index is -1.62. The van der Waals surface area contributed by atoms with Gasteiger partial charge in [0.1, 0.15) is 5.82 Å². The smallest absolute Gasteiger partial charge is 0.449 e. The van der Waals surface area contributed by atoms with E-state index in [2.05, 4.69) is 10.1 Å². The molecule has 1 saturated heterocycles. The fourth-order valence-corrected chi connectivity index (χ4v) is 3.32. The van der Waals surface area contributed by atoms with Gasteiger partial charge in [0.05, 0.1) is 22.7 Å². The van der Waals surface area contributed by atoms with E-state index in [0.29, 0.717) is 38.0 Å². The Bertz CT molecular complexity index is 906. The van der Waals surface area contributed by atoms with Crippen LogP contribution >= 0.6 is 0 Å². The molecule has 9 heteroatoms. The van der Waals surface area contributed by atoms with Crippen LogP contribution in [0.15, 0.2) is 29.2 Å². The Labute approximate surface area is 154 Å². The number of piperidine rings is 1. The molecule has 1 aromatic carbocycles. The predicted molar refractivity (Wildman–Crippen MR) is 97.5 cm³/mol. The number of pyridine rings is 1. The molecule has 0 spiro atoms. The number of ether oxygens (including phenoxy) is 1. The van der Waals surface area contributed by atoms with Gasteiger partial charge in [0, 0.05) is 19.6 Å². The van der Waals surface area contributed by atoms with E-state index < -0.39 is 28.8 Å². The second-order valence-corrected chi connectivity index (χ2v) is 6.65. The zero-order valence-corrected chi connectivity index (χ0v) is 14.9.